The SMILES string of the molecule is CC1CN(C)CC1O.CN1CC(=O)C(C#N)C1.CN1CC(O)C(C#N)C1.CN1CC(O)C(CN)C1. The van der Waals surface area contributed by atoms with Gasteiger partial charge in [0.2, 0.25) is 0 Å². The molecular formula is C24H45N7O4. The summed E-state index contributed by atoms with van der Waals surface area (Å²) < 4.78 is 0. The second-order valence-corrected chi connectivity index (χ2v) is 10.4. The first kappa shape index (κ1) is 31.4. The molecule has 4 rings (SSSR count). The van der Waals surface area contributed by atoms with E-state index in [1.54, 1.807) is 0 Å². The van der Waals surface area contributed by atoms with E-state index in [9.17, 15) is 9.90 Å². The Hall–Kier alpha value is -1.67. The van der Waals surface area contributed by atoms with Crippen molar-refractivity contribution >= 4 is 5.78 Å². The number of nitrogens with two attached hydrogens (primary N) is 1. The van der Waals surface area contributed by atoms with E-state index in [0.29, 0.717) is 44.6 Å². The van der Waals surface area contributed by atoms with Gasteiger partial charge in [-0.05, 0) is 40.7 Å². The molecule has 7 unspecified atom stereocenters. The molecule has 0 aromatic heterocycles. The van der Waals surface area contributed by atoms with Crippen molar-refractivity contribution in [2.45, 2.75) is 25.2 Å². The average molecular weight is 496 g/mol. The lowest BCUT2D eigenvalue weighted by Gasteiger charge is -2.07. The molecule has 11 heteroatoms. The minimum absolute atomic E-state index is 0.0556. The molecule has 0 radical (unpaired) electrons. The molecule has 4 aliphatic rings. The average Bonchev–Trinajstić information content (AvgIpc) is 3.49. The number of likely N-dealkylation sites (N-methyl/N-ethyl adjacent to an activating group) is 4. The van der Waals surface area contributed by atoms with Crippen molar-refractivity contribution < 1.29 is 20.1 Å². The first-order chi connectivity index (χ1) is 16.4. The summed E-state index contributed by atoms with van der Waals surface area (Å²) in [5.41, 5.74) is 5.40. The van der Waals surface area contributed by atoms with Crippen LogP contribution in [-0.2, 0) is 4.79 Å². The van der Waals surface area contributed by atoms with Gasteiger partial charge in [-0.15, -0.1) is 0 Å². The monoisotopic (exact) mass is 495 g/mol. The maximum atomic E-state index is 10.8. The number of hydrogen-bond donors (Lipinski definition) is 4. The van der Waals surface area contributed by atoms with Crippen LogP contribution in [0.25, 0.3) is 0 Å². The number of aliphatic hydroxyl groups is 3. The summed E-state index contributed by atoms with van der Waals surface area (Å²) in [6, 6.07) is 4.01. The minimum atomic E-state index is -0.431. The molecular weight excluding hydrogens is 450 g/mol. The lowest BCUT2D eigenvalue weighted by molar-refractivity contribution is -0.118. The van der Waals surface area contributed by atoms with Crippen molar-refractivity contribution in [2.75, 3.05) is 87.1 Å². The summed E-state index contributed by atoms with van der Waals surface area (Å²) in [6.07, 6.45) is -0.708. The van der Waals surface area contributed by atoms with Crippen molar-refractivity contribution in [3.63, 3.8) is 0 Å². The van der Waals surface area contributed by atoms with Gasteiger partial charge < -0.3 is 35.8 Å². The fraction of sp³-hybridized carbons (Fsp3) is 0.875. The van der Waals surface area contributed by atoms with E-state index in [4.69, 9.17) is 26.5 Å². The van der Waals surface area contributed by atoms with Gasteiger partial charge in [-0.3, -0.25) is 9.69 Å². The first-order valence-corrected chi connectivity index (χ1v) is 12.2. The summed E-state index contributed by atoms with van der Waals surface area (Å²) in [6.45, 7) is 8.69. The van der Waals surface area contributed by atoms with Crippen molar-refractivity contribution in [3.05, 3.63) is 0 Å². The number of rotatable bonds is 1. The zero-order valence-electron chi connectivity index (χ0n) is 21.9. The van der Waals surface area contributed by atoms with Crippen molar-refractivity contribution in [3.8, 4) is 12.1 Å². The number of aliphatic hydroxyl groups excluding tert-OH is 3. The standard InChI is InChI=1S/C6H14N2O.C6H10N2O.C6H8N2O.C6H13NO/c3*1-8-3-5(2-7)6(9)4-8;1-5-3-7(2)4-6(5)8/h5-6,9H,2-4,7H2,1H3;5-6,9H,3-4H2,1H3;5H,3-4H2,1H3;5-6,8H,3-4H2,1-2H3. The van der Waals surface area contributed by atoms with Gasteiger partial charge in [-0.2, -0.15) is 10.5 Å². The summed E-state index contributed by atoms with van der Waals surface area (Å²) in [4.78, 5) is 18.8. The topological polar surface area (TPSA) is 164 Å². The molecule has 0 aromatic carbocycles. The number of hydrogen-bond acceptors (Lipinski definition) is 11. The Morgan fingerprint density at radius 2 is 1.34 bits per heavy atom. The van der Waals surface area contributed by atoms with Crippen LogP contribution in [0.5, 0.6) is 0 Å². The smallest absolute Gasteiger partial charge is 0.165 e. The van der Waals surface area contributed by atoms with E-state index in [0.717, 1.165) is 26.2 Å². The molecule has 35 heavy (non-hydrogen) atoms. The number of likely N-dealkylation sites (tertiary alicyclic amines) is 4. The maximum absolute atomic E-state index is 10.8. The van der Waals surface area contributed by atoms with E-state index in [-0.39, 0.29) is 29.8 Å². The number of nitrogens with zero attached hydrogens (tertiary/aromatic N) is 6. The number of carbonyl (C=O) groups is 1. The van der Waals surface area contributed by atoms with Gasteiger partial charge in [-0.25, -0.2) is 0 Å². The molecule has 7 atom stereocenters. The van der Waals surface area contributed by atoms with Gasteiger partial charge in [0.05, 0.1) is 42.9 Å². The number of ketones is 1. The van der Waals surface area contributed by atoms with Gasteiger partial charge in [0, 0.05) is 51.7 Å². The molecule has 4 saturated heterocycles. The maximum Gasteiger partial charge on any atom is 0.165 e. The normalized spacial score (nSPS) is 35.7. The number of nitriles is 2. The largest absolute Gasteiger partial charge is 0.391 e. The lowest BCUT2D eigenvalue weighted by Crippen LogP contribution is -2.25. The Morgan fingerprint density at radius 3 is 1.54 bits per heavy atom. The Balaban J connectivity index is 0.000000234. The molecule has 11 nitrogen and oxygen atoms in total. The molecule has 0 aromatic rings. The van der Waals surface area contributed by atoms with Crippen LogP contribution in [0, 0.1) is 46.3 Å². The molecule has 4 fully saturated rings. The Labute approximate surface area is 210 Å². The van der Waals surface area contributed by atoms with Crippen molar-refractivity contribution in [1.29, 1.82) is 10.5 Å². The molecule has 4 aliphatic heterocycles. The fourth-order valence-corrected chi connectivity index (χ4v) is 4.56. The molecule has 0 amide bonds. The molecule has 4 heterocycles. The molecule has 0 spiro atoms. The Kier molecular flexibility index (Phi) is 13.8. The zero-order valence-corrected chi connectivity index (χ0v) is 21.9. The predicted molar refractivity (Wildman–Crippen MR) is 133 cm³/mol. The quantitative estimate of drug-likeness (QED) is 0.314. The van der Waals surface area contributed by atoms with Crippen LogP contribution >= 0.6 is 0 Å². The first-order valence-electron chi connectivity index (χ1n) is 12.2. The van der Waals surface area contributed by atoms with Crippen molar-refractivity contribution in [2.24, 2.45) is 29.4 Å². The summed E-state index contributed by atoms with van der Waals surface area (Å²) in [5.74, 6) is 0.292. The van der Waals surface area contributed by atoms with E-state index >= 15 is 0 Å². The highest BCUT2D eigenvalue weighted by molar-refractivity contribution is 5.87. The molecule has 0 saturated carbocycles. The van der Waals surface area contributed by atoms with Gasteiger partial charge >= 0.3 is 0 Å². The van der Waals surface area contributed by atoms with Crippen LogP contribution in [-0.4, -0.2) is 146 Å². The third-order valence-electron chi connectivity index (χ3n) is 6.75. The van der Waals surface area contributed by atoms with Crippen LogP contribution < -0.4 is 5.73 Å². The summed E-state index contributed by atoms with van der Waals surface area (Å²) >= 11 is 0. The van der Waals surface area contributed by atoms with Crippen LogP contribution in [0.1, 0.15) is 6.92 Å². The second-order valence-electron chi connectivity index (χ2n) is 10.4. The Morgan fingerprint density at radius 1 is 0.800 bits per heavy atom. The van der Waals surface area contributed by atoms with Gasteiger partial charge in [-0.1, -0.05) is 6.92 Å². The molecule has 0 aliphatic carbocycles. The van der Waals surface area contributed by atoms with Crippen LogP contribution in [0.2, 0.25) is 0 Å². The number of β-amino-alcohol motifs (C(OH)–C–C–N with tert-alkyl or cyclic N) is 3. The van der Waals surface area contributed by atoms with E-state index in [1.165, 1.54) is 0 Å². The van der Waals surface area contributed by atoms with E-state index in [2.05, 4.69) is 22.8 Å². The van der Waals surface area contributed by atoms with Crippen molar-refractivity contribution in [1.82, 2.24) is 19.6 Å². The highest BCUT2D eigenvalue weighted by Gasteiger charge is 2.29. The van der Waals surface area contributed by atoms with Crippen LogP contribution in [0.4, 0.5) is 0 Å². The van der Waals surface area contributed by atoms with E-state index < -0.39 is 6.10 Å². The summed E-state index contributed by atoms with van der Waals surface area (Å²) in [7, 11) is 7.78. The second kappa shape index (κ2) is 15.4. The predicted octanol–water partition coefficient (Wildman–Crippen LogP) is -2.13. The lowest BCUT2D eigenvalue weighted by atomic mass is 10.1. The highest BCUT2D eigenvalue weighted by Crippen LogP contribution is 2.14. The van der Waals surface area contributed by atoms with Crippen LogP contribution in [0.15, 0.2) is 0 Å². The molecule has 200 valence electrons. The number of carbonyl (C=O) groups excluding carboxylic acids is 1. The number of Topliss-reactive ketones (excluding diaryl/α,β-unsaturated/α-hetero) is 1. The van der Waals surface area contributed by atoms with E-state index in [1.807, 2.05) is 44.1 Å². The van der Waals surface area contributed by atoms with Gasteiger partial charge in [0.1, 0.15) is 5.92 Å². The third-order valence-corrected chi connectivity index (χ3v) is 6.75. The van der Waals surface area contributed by atoms with Crippen LogP contribution in [0.3, 0.4) is 0 Å². The zero-order chi connectivity index (χ0) is 26.7. The highest BCUT2D eigenvalue weighted by atomic mass is 16.3. The van der Waals surface area contributed by atoms with Gasteiger partial charge in [0.15, 0.2) is 5.78 Å². The molecule has 5 N–H and O–H groups in total. The van der Waals surface area contributed by atoms with Gasteiger partial charge in [0.25, 0.3) is 0 Å². The Bertz CT molecular complexity index is 718. The molecule has 0 bridgehead atoms. The summed E-state index contributed by atoms with van der Waals surface area (Å²) in [5, 5.41) is 44.2. The minimum Gasteiger partial charge on any atom is -0.391 e. The third kappa shape index (κ3) is 10.9. The fourth-order valence-electron chi connectivity index (χ4n) is 4.56.